The van der Waals surface area contributed by atoms with Crippen LogP contribution in [0, 0.1) is 0 Å². The second-order valence-corrected chi connectivity index (χ2v) is 0.250. The van der Waals surface area contributed by atoms with Crippen molar-refractivity contribution in [1.82, 2.24) is 0 Å². The van der Waals surface area contributed by atoms with E-state index in [0.717, 1.165) is 0 Å². The third kappa shape index (κ3) is 193. The Morgan fingerprint density at radius 2 is 1.11 bits per heavy atom. The van der Waals surface area contributed by atoms with Gasteiger partial charge in [0.05, 0.1) is 0 Å². The molecule has 5 nitrogen and oxygen atoms in total. The number of hydrogen-bond donors (Lipinski definition) is 0. The minimum absolute atomic E-state index is 0. The Morgan fingerprint density at radius 1 is 1.11 bits per heavy atom. The van der Waals surface area contributed by atoms with Gasteiger partial charge in [-0.3, -0.25) is 0 Å². The average Bonchev–Trinajstić information content (AvgIpc) is 0.811. The van der Waals surface area contributed by atoms with Crippen LogP contribution in [0.25, 0.3) is 0 Å². The molecule has 0 spiro atoms. The predicted molar refractivity (Wildman–Crippen MR) is 20.8 cm³/mol. The number of rotatable bonds is 0. The zero-order valence-corrected chi connectivity index (χ0v) is 9.11. The maximum atomic E-state index is 8.33. The molecule has 0 aromatic rings. The van der Waals surface area contributed by atoms with Gasteiger partial charge in [-0.15, -0.1) is 0 Å². The van der Waals surface area contributed by atoms with Gasteiger partial charge in [-0.2, -0.15) is 0 Å². The van der Waals surface area contributed by atoms with Crippen LogP contribution in [-0.2, 0) is 17.1 Å². The zero-order valence-electron chi connectivity index (χ0n) is 4.39. The Morgan fingerprint density at radius 3 is 1.11 bits per heavy atom. The monoisotopic (exact) mass is 214 g/mol. The molecule has 0 aromatic heterocycles. The van der Waals surface area contributed by atoms with Crippen molar-refractivity contribution >= 4 is 66.9 Å². The summed E-state index contributed by atoms with van der Waals surface area (Å²) in [6, 6.07) is 0. The SMILES string of the molecule is O=C([O-])[O-].[Ca+2].[Fe+2].[Mg+2].[OH-].[OH-]. The van der Waals surface area contributed by atoms with E-state index in [1.54, 1.807) is 0 Å². The number of carboxylic acid groups (broad SMARTS) is 2. The van der Waals surface area contributed by atoms with E-state index in [1.807, 2.05) is 0 Å². The van der Waals surface area contributed by atoms with E-state index in [9.17, 15) is 0 Å². The van der Waals surface area contributed by atoms with E-state index >= 15 is 0 Å². The molecule has 2 N–H and O–H groups in total. The Balaban J connectivity index is -0.00000000450. The van der Waals surface area contributed by atoms with Gasteiger partial charge in [0, 0.05) is 0 Å². The molecule has 0 unspecified atom stereocenters. The normalized spacial score (nSPS) is 2.67. The van der Waals surface area contributed by atoms with Crippen LogP contribution >= 0.6 is 0 Å². The molecule has 0 radical (unpaired) electrons. The molecule has 0 aliphatic heterocycles. The third-order valence-electron chi connectivity index (χ3n) is 0. The van der Waals surface area contributed by atoms with Crippen molar-refractivity contribution in [2.75, 3.05) is 0 Å². The fourth-order valence-electron chi connectivity index (χ4n) is 0. The first-order chi connectivity index (χ1) is 1.73. The van der Waals surface area contributed by atoms with E-state index in [2.05, 4.69) is 0 Å². The Kier molecular flexibility index (Phi) is 167. The molecule has 0 heterocycles. The molecule has 0 aliphatic carbocycles. The number of carbonyl (C=O) groups is 1. The summed E-state index contributed by atoms with van der Waals surface area (Å²) in [5.74, 6) is 0. The molecule has 0 aliphatic rings. The molecule has 0 bridgehead atoms. The summed E-state index contributed by atoms with van der Waals surface area (Å²) in [6.07, 6.45) is -2.33. The van der Waals surface area contributed by atoms with Gasteiger partial charge < -0.3 is 26.0 Å². The van der Waals surface area contributed by atoms with Crippen LogP contribution in [0.2, 0.25) is 0 Å². The van der Waals surface area contributed by atoms with Crippen molar-refractivity contribution in [3.05, 3.63) is 0 Å². The minimum Gasteiger partial charge on any atom is -0.870 e. The zero-order chi connectivity index (χ0) is 3.58. The van der Waals surface area contributed by atoms with Gasteiger partial charge in [0.2, 0.25) is 0 Å². The van der Waals surface area contributed by atoms with Crippen molar-refractivity contribution < 1.29 is 43.0 Å². The van der Waals surface area contributed by atoms with Crippen molar-refractivity contribution in [3.8, 4) is 0 Å². The summed E-state index contributed by atoms with van der Waals surface area (Å²) >= 11 is 0. The average molecular weight is 214 g/mol. The molecule has 0 saturated carbocycles. The standard InChI is InChI=1S/CH2O3.Ca.Fe.Mg.2H2O/c2-1(3)4;;;;;/h(H2,2,3,4);;;;2*1H2/q;3*+2;;/p-4. The Hall–Kier alpha value is 1.74. The summed E-state index contributed by atoms with van der Waals surface area (Å²) in [6.45, 7) is 0. The van der Waals surface area contributed by atoms with Gasteiger partial charge in [0.1, 0.15) is 0 Å². The molecular formula is CH2CaFeMgO5+2. The molecule has 0 aromatic carbocycles. The number of carbonyl (C=O) groups excluding carboxylic acids is 1. The van der Waals surface area contributed by atoms with Gasteiger partial charge in [0.15, 0.2) is 0 Å². The van der Waals surface area contributed by atoms with E-state index < -0.39 is 6.16 Å². The smallest absolute Gasteiger partial charge is 0.870 e. The fourth-order valence-corrected chi connectivity index (χ4v) is 0. The van der Waals surface area contributed by atoms with Crippen LogP contribution in [0.1, 0.15) is 0 Å². The summed E-state index contributed by atoms with van der Waals surface area (Å²) in [4.78, 5) is 8.33. The third-order valence-corrected chi connectivity index (χ3v) is 0. The van der Waals surface area contributed by atoms with Crippen LogP contribution in [-0.4, -0.2) is 77.9 Å². The first-order valence-electron chi connectivity index (χ1n) is 0.612. The molecule has 0 saturated heterocycles. The van der Waals surface area contributed by atoms with Gasteiger partial charge >= 0.3 is 77.9 Å². The summed E-state index contributed by atoms with van der Waals surface area (Å²) in [5, 5.41) is 16.7. The summed E-state index contributed by atoms with van der Waals surface area (Å²) in [7, 11) is 0. The first-order valence-corrected chi connectivity index (χ1v) is 0.612. The van der Waals surface area contributed by atoms with Crippen molar-refractivity contribution in [2.45, 2.75) is 0 Å². The molecule has 0 atom stereocenters. The van der Waals surface area contributed by atoms with Gasteiger partial charge in [-0.05, 0) is 6.16 Å². The molecule has 0 fully saturated rings. The molecular weight excluding hydrogens is 212 g/mol. The Bertz CT molecular complexity index is 39.9. The maximum absolute atomic E-state index is 8.33. The van der Waals surface area contributed by atoms with Crippen LogP contribution in [0.5, 0.6) is 0 Å². The van der Waals surface area contributed by atoms with Crippen molar-refractivity contribution in [1.29, 1.82) is 0 Å². The van der Waals surface area contributed by atoms with Crippen LogP contribution in [0.15, 0.2) is 0 Å². The Labute approximate surface area is 108 Å². The minimum atomic E-state index is -2.33. The van der Waals surface area contributed by atoms with Crippen LogP contribution in [0.3, 0.4) is 0 Å². The van der Waals surface area contributed by atoms with Crippen molar-refractivity contribution in [2.24, 2.45) is 0 Å². The van der Waals surface area contributed by atoms with E-state index in [0.29, 0.717) is 0 Å². The second-order valence-electron chi connectivity index (χ2n) is 0.250. The summed E-state index contributed by atoms with van der Waals surface area (Å²) < 4.78 is 0. The fraction of sp³-hybridized carbons (Fsp3) is 0. The molecule has 46 valence electrons. The maximum Gasteiger partial charge on any atom is 2.00 e. The van der Waals surface area contributed by atoms with Crippen molar-refractivity contribution in [3.63, 3.8) is 0 Å². The molecule has 0 rings (SSSR count). The molecule has 8 heteroatoms. The van der Waals surface area contributed by atoms with Gasteiger partial charge in [-0.25, -0.2) is 0 Å². The quantitative estimate of drug-likeness (QED) is 0.386. The number of hydrogen-bond acceptors (Lipinski definition) is 5. The topological polar surface area (TPSA) is 123 Å². The van der Waals surface area contributed by atoms with E-state index in [4.69, 9.17) is 15.0 Å². The summed E-state index contributed by atoms with van der Waals surface area (Å²) in [5.41, 5.74) is 0. The molecule has 9 heavy (non-hydrogen) atoms. The van der Waals surface area contributed by atoms with Gasteiger partial charge in [-0.1, -0.05) is 0 Å². The first kappa shape index (κ1) is 45.4. The van der Waals surface area contributed by atoms with Crippen LogP contribution in [0.4, 0.5) is 4.79 Å². The van der Waals surface area contributed by atoms with E-state index in [1.165, 1.54) is 0 Å². The van der Waals surface area contributed by atoms with Crippen LogP contribution < -0.4 is 10.2 Å². The predicted octanol–water partition coefficient (Wildman–Crippen LogP) is -3.56. The van der Waals surface area contributed by atoms with E-state index in [-0.39, 0.29) is 88.8 Å². The van der Waals surface area contributed by atoms with Gasteiger partial charge in [0.25, 0.3) is 0 Å². The molecule has 0 amide bonds. The second kappa shape index (κ2) is 33.1. The largest absolute Gasteiger partial charge is 2.00 e.